The predicted molar refractivity (Wildman–Crippen MR) is 57.9 cm³/mol. The summed E-state index contributed by atoms with van der Waals surface area (Å²) in [5, 5.41) is 0. The standard InChI is InChI=1S/C11H16N2O4/c1-17-10(16)11(2-3-11)9(15)13-6-4-12(8-14)5-7-13/h8H,2-7H2,1H3. The van der Waals surface area contributed by atoms with Crippen LogP contribution in [0.5, 0.6) is 0 Å². The number of rotatable bonds is 3. The van der Waals surface area contributed by atoms with Crippen LogP contribution in [0.15, 0.2) is 0 Å². The Morgan fingerprint density at radius 1 is 1.18 bits per heavy atom. The van der Waals surface area contributed by atoms with Crippen LogP contribution in [-0.4, -0.2) is 61.4 Å². The van der Waals surface area contributed by atoms with Crippen molar-refractivity contribution < 1.29 is 19.1 Å². The summed E-state index contributed by atoms with van der Waals surface area (Å²) in [6, 6.07) is 0. The number of piperazine rings is 1. The van der Waals surface area contributed by atoms with Gasteiger partial charge in [-0.1, -0.05) is 0 Å². The number of hydrogen-bond donors (Lipinski definition) is 0. The molecule has 17 heavy (non-hydrogen) atoms. The zero-order valence-electron chi connectivity index (χ0n) is 9.85. The number of carbonyl (C=O) groups excluding carboxylic acids is 3. The van der Waals surface area contributed by atoms with E-state index < -0.39 is 11.4 Å². The van der Waals surface area contributed by atoms with Crippen molar-refractivity contribution in [3.8, 4) is 0 Å². The first kappa shape index (κ1) is 11.9. The first-order chi connectivity index (χ1) is 8.14. The quantitative estimate of drug-likeness (QED) is 0.369. The van der Waals surface area contributed by atoms with Gasteiger partial charge < -0.3 is 14.5 Å². The van der Waals surface area contributed by atoms with Crippen LogP contribution in [0.2, 0.25) is 0 Å². The van der Waals surface area contributed by atoms with E-state index in [4.69, 9.17) is 0 Å². The van der Waals surface area contributed by atoms with Gasteiger partial charge in [0.2, 0.25) is 12.3 Å². The van der Waals surface area contributed by atoms with Gasteiger partial charge in [-0.05, 0) is 12.8 Å². The fraction of sp³-hybridized carbons (Fsp3) is 0.727. The minimum absolute atomic E-state index is 0.144. The van der Waals surface area contributed by atoms with Crippen LogP contribution >= 0.6 is 0 Å². The van der Waals surface area contributed by atoms with Gasteiger partial charge in [-0.2, -0.15) is 0 Å². The van der Waals surface area contributed by atoms with Crippen LogP contribution in [0, 0.1) is 5.41 Å². The molecule has 0 aromatic carbocycles. The number of amides is 2. The topological polar surface area (TPSA) is 66.9 Å². The van der Waals surface area contributed by atoms with Crippen molar-refractivity contribution in [2.24, 2.45) is 5.41 Å². The Morgan fingerprint density at radius 2 is 1.76 bits per heavy atom. The number of methoxy groups -OCH3 is 1. The normalized spacial score (nSPS) is 21.9. The largest absolute Gasteiger partial charge is 0.468 e. The Hall–Kier alpha value is -1.59. The molecule has 2 fully saturated rings. The summed E-state index contributed by atoms with van der Waals surface area (Å²) < 4.78 is 4.68. The molecule has 2 aliphatic rings. The summed E-state index contributed by atoms with van der Waals surface area (Å²) in [5.74, 6) is -0.574. The van der Waals surface area contributed by atoms with Crippen molar-refractivity contribution in [2.45, 2.75) is 12.8 Å². The number of carbonyl (C=O) groups is 3. The van der Waals surface area contributed by atoms with Crippen LogP contribution < -0.4 is 0 Å². The molecule has 1 aliphatic carbocycles. The number of nitrogens with zero attached hydrogens (tertiary/aromatic N) is 2. The number of ether oxygens (including phenoxy) is 1. The molecule has 6 nitrogen and oxygen atoms in total. The van der Waals surface area contributed by atoms with E-state index in [2.05, 4.69) is 4.74 Å². The Bertz CT molecular complexity index is 343. The fourth-order valence-electron chi connectivity index (χ4n) is 2.16. The van der Waals surface area contributed by atoms with Gasteiger partial charge in [-0.15, -0.1) is 0 Å². The van der Waals surface area contributed by atoms with Gasteiger partial charge in [0.05, 0.1) is 7.11 Å². The number of hydrogen-bond acceptors (Lipinski definition) is 4. The van der Waals surface area contributed by atoms with E-state index in [-0.39, 0.29) is 5.91 Å². The van der Waals surface area contributed by atoms with E-state index in [1.165, 1.54) is 7.11 Å². The first-order valence-electron chi connectivity index (χ1n) is 5.71. The zero-order valence-corrected chi connectivity index (χ0v) is 9.85. The molecular formula is C11H16N2O4. The second-order valence-corrected chi connectivity index (χ2v) is 4.51. The van der Waals surface area contributed by atoms with Gasteiger partial charge in [0.25, 0.3) is 0 Å². The van der Waals surface area contributed by atoms with Crippen molar-refractivity contribution in [1.82, 2.24) is 9.80 Å². The van der Waals surface area contributed by atoms with Crippen LogP contribution in [0.4, 0.5) is 0 Å². The lowest BCUT2D eigenvalue weighted by molar-refractivity contribution is -0.157. The van der Waals surface area contributed by atoms with Gasteiger partial charge >= 0.3 is 5.97 Å². The van der Waals surface area contributed by atoms with Crippen molar-refractivity contribution in [1.29, 1.82) is 0 Å². The predicted octanol–water partition coefficient (Wildman–Crippen LogP) is -0.760. The molecule has 0 aromatic rings. The molecule has 6 heteroatoms. The Balaban J connectivity index is 1.98. The molecule has 0 atom stereocenters. The Morgan fingerprint density at radius 3 is 2.18 bits per heavy atom. The van der Waals surface area contributed by atoms with E-state index in [1.807, 2.05) is 0 Å². The fourth-order valence-corrected chi connectivity index (χ4v) is 2.16. The molecule has 0 N–H and O–H groups in total. The van der Waals surface area contributed by atoms with E-state index >= 15 is 0 Å². The molecule has 0 unspecified atom stereocenters. The van der Waals surface area contributed by atoms with Crippen LogP contribution in [0.1, 0.15) is 12.8 Å². The molecular weight excluding hydrogens is 224 g/mol. The number of esters is 1. The van der Waals surface area contributed by atoms with Crippen molar-refractivity contribution in [2.75, 3.05) is 33.3 Å². The lowest BCUT2D eigenvalue weighted by Crippen LogP contribution is -2.51. The van der Waals surface area contributed by atoms with Crippen LogP contribution in [0.25, 0.3) is 0 Å². The second-order valence-electron chi connectivity index (χ2n) is 4.51. The summed E-state index contributed by atoms with van der Waals surface area (Å²) in [6.07, 6.45) is 1.94. The molecule has 1 saturated carbocycles. The highest BCUT2D eigenvalue weighted by molar-refractivity contribution is 6.05. The first-order valence-corrected chi connectivity index (χ1v) is 5.71. The molecule has 1 heterocycles. The summed E-state index contributed by atoms with van der Waals surface area (Å²) in [7, 11) is 1.31. The lowest BCUT2D eigenvalue weighted by atomic mass is 10.1. The third-order valence-electron chi connectivity index (χ3n) is 3.49. The van der Waals surface area contributed by atoms with E-state index in [1.54, 1.807) is 9.80 Å². The van der Waals surface area contributed by atoms with Gasteiger partial charge in [-0.25, -0.2) is 0 Å². The maximum Gasteiger partial charge on any atom is 0.321 e. The highest BCUT2D eigenvalue weighted by Crippen LogP contribution is 2.48. The molecule has 0 radical (unpaired) electrons. The highest BCUT2D eigenvalue weighted by Gasteiger charge is 2.59. The minimum atomic E-state index is -0.919. The van der Waals surface area contributed by atoms with E-state index in [0.717, 1.165) is 6.41 Å². The average Bonchev–Trinajstić information content (AvgIpc) is 3.18. The van der Waals surface area contributed by atoms with Crippen molar-refractivity contribution >= 4 is 18.3 Å². The molecule has 0 bridgehead atoms. The summed E-state index contributed by atoms with van der Waals surface area (Å²) in [5.41, 5.74) is -0.919. The highest BCUT2D eigenvalue weighted by atomic mass is 16.5. The van der Waals surface area contributed by atoms with Gasteiger partial charge in [0.15, 0.2) is 0 Å². The van der Waals surface area contributed by atoms with Crippen LogP contribution in [0.3, 0.4) is 0 Å². The van der Waals surface area contributed by atoms with Crippen molar-refractivity contribution in [3.63, 3.8) is 0 Å². The lowest BCUT2D eigenvalue weighted by Gasteiger charge is -2.34. The van der Waals surface area contributed by atoms with Gasteiger partial charge in [0, 0.05) is 26.2 Å². The monoisotopic (exact) mass is 240 g/mol. The molecule has 1 aliphatic heterocycles. The Kier molecular flexibility index (Phi) is 3.04. The van der Waals surface area contributed by atoms with Gasteiger partial charge in [-0.3, -0.25) is 14.4 Å². The SMILES string of the molecule is COC(=O)C1(C(=O)N2CCN(C=O)CC2)CC1. The maximum absolute atomic E-state index is 12.2. The Labute approximate surface area is 99.5 Å². The molecule has 1 saturated heterocycles. The molecule has 94 valence electrons. The zero-order chi connectivity index (χ0) is 12.5. The van der Waals surface area contributed by atoms with Crippen molar-refractivity contribution in [3.05, 3.63) is 0 Å². The molecule has 0 spiro atoms. The third kappa shape index (κ3) is 1.99. The van der Waals surface area contributed by atoms with Crippen LogP contribution in [-0.2, 0) is 19.1 Å². The third-order valence-corrected chi connectivity index (χ3v) is 3.49. The minimum Gasteiger partial charge on any atom is -0.468 e. The maximum atomic E-state index is 12.2. The summed E-state index contributed by atoms with van der Waals surface area (Å²) in [4.78, 5) is 37.6. The molecule has 2 rings (SSSR count). The summed E-state index contributed by atoms with van der Waals surface area (Å²) >= 11 is 0. The molecule has 2 amide bonds. The van der Waals surface area contributed by atoms with Gasteiger partial charge in [0.1, 0.15) is 5.41 Å². The molecule has 0 aromatic heterocycles. The second kappa shape index (κ2) is 4.35. The smallest absolute Gasteiger partial charge is 0.321 e. The van der Waals surface area contributed by atoms with E-state index in [0.29, 0.717) is 39.0 Å². The van der Waals surface area contributed by atoms with E-state index in [9.17, 15) is 14.4 Å². The summed E-state index contributed by atoms with van der Waals surface area (Å²) in [6.45, 7) is 2.06. The average molecular weight is 240 g/mol.